The van der Waals surface area contributed by atoms with Crippen LogP contribution >= 0.6 is 12.4 Å². The molecule has 0 aromatic heterocycles. The minimum absolute atomic E-state index is 0. The summed E-state index contributed by atoms with van der Waals surface area (Å²) in [5, 5.41) is 11.0. The first-order chi connectivity index (χ1) is 9.65. The summed E-state index contributed by atoms with van der Waals surface area (Å²) in [5.41, 5.74) is 6.75. The largest absolute Gasteiger partial charge is 0.490 e. The normalized spacial score (nSPS) is 18.9. The van der Waals surface area contributed by atoms with Gasteiger partial charge in [-0.25, -0.2) is 0 Å². The fourth-order valence-corrected chi connectivity index (χ4v) is 2.75. The Bertz CT molecular complexity index is 485. The Balaban J connectivity index is 0.00000220. The van der Waals surface area contributed by atoms with Crippen LogP contribution in [0.5, 0.6) is 5.75 Å². The molecule has 1 heterocycles. The van der Waals surface area contributed by atoms with E-state index < -0.39 is 4.92 Å². The minimum atomic E-state index is -0.404. The van der Waals surface area contributed by atoms with E-state index in [4.69, 9.17) is 10.5 Å². The maximum absolute atomic E-state index is 11.0. The van der Waals surface area contributed by atoms with Crippen LogP contribution in [0, 0.1) is 10.1 Å². The average Bonchev–Trinajstić information content (AvgIpc) is 2.47. The van der Waals surface area contributed by atoms with E-state index in [2.05, 4.69) is 4.90 Å². The number of nitro benzene ring substituents is 1. The van der Waals surface area contributed by atoms with Crippen LogP contribution in [0.1, 0.15) is 24.8 Å². The van der Waals surface area contributed by atoms with E-state index in [0.29, 0.717) is 24.9 Å². The third kappa shape index (κ3) is 4.30. The lowest BCUT2D eigenvalue weighted by atomic mass is 10.0. The van der Waals surface area contributed by atoms with E-state index >= 15 is 0 Å². The number of methoxy groups -OCH3 is 1. The third-order valence-electron chi connectivity index (χ3n) is 3.85. The minimum Gasteiger partial charge on any atom is -0.490 e. The Morgan fingerprint density at radius 3 is 2.86 bits per heavy atom. The van der Waals surface area contributed by atoms with Gasteiger partial charge in [0.05, 0.1) is 12.0 Å². The molecule has 6 nitrogen and oxygen atoms in total. The van der Waals surface area contributed by atoms with Crippen molar-refractivity contribution in [1.29, 1.82) is 0 Å². The number of benzene rings is 1. The van der Waals surface area contributed by atoms with E-state index in [1.54, 1.807) is 12.1 Å². The summed E-state index contributed by atoms with van der Waals surface area (Å²) < 4.78 is 5.02. The van der Waals surface area contributed by atoms with E-state index in [-0.39, 0.29) is 18.1 Å². The highest BCUT2D eigenvalue weighted by Gasteiger charge is 2.22. The molecule has 0 bridgehead atoms. The van der Waals surface area contributed by atoms with Crippen molar-refractivity contribution in [2.45, 2.75) is 31.8 Å². The molecular formula is C14H22ClN3O3. The lowest BCUT2D eigenvalue weighted by Crippen LogP contribution is -2.43. The summed E-state index contributed by atoms with van der Waals surface area (Å²) >= 11 is 0. The molecule has 1 saturated heterocycles. The molecule has 1 aromatic carbocycles. The molecule has 0 saturated carbocycles. The van der Waals surface area contributed by atoms with Crippen molar-refractivity contribution in [2.24, 2.45) is 5.73 Å². The van der Waals surface area contributed by atoms with Gasteiger partial charge in [-0.1, -0.05) is 12.5 Å². The Morgan fingerprint density at radius 2 is 2.24 bits per heavy atom. The van der Waals surface area contributed by atoms with Gasteiger partial charge in [-0.15, -0.1) is 12.4 Å². The van der Waals surface area contributed by atoms with Crippen molar-refractivity contribution in [3.05, 3.63) is 33.9 Å². The van der Waals surface area contributed by atoms with Crippen molar-refractivity contribution in [3.63, 3.8) is 0 Å². The van der Waals surface area contributed by atoms with E-state index in [1.165, 1.54) is 13.5 Å². The van der Waals surface area contributed by atoms with Crippen LogP contribution in [0.15, 0.2) is 18.2 Å². The van der Waals surface area contributed by atoms with Gasteiger partial charge in [0.1, 0.15) is 0 Å². The second-order valence-corrected chi connectivity index (χ2v) is 5.12. The highest BCUT2D eigenvalue weighted by molar-refractivity contribution is 5.85. The monoisotopic (exact) mass is 315 g/mol. The van der Waals surface area contributed by atoms with Crippen LogP contribution in [0.25, 0.3) is 0 Å². The molecule has 1 fully saturated rings. The number of halogens is 1. The lowest BCUT2D eigenvalue weighted by Gasteiger charge is -2.34. The highest BCUT2D eigenvalue weighted by atomic mass is 35.5. The molecule has 21 heavy (non-hydrogen) atoms. The van der Waals surface area contributed by atoms with E-state index in [9.17, 15) is 10.1 Å². The summed E-state index contributed by atoms with van der Waals surface area (Å²) in [6.07, 6.45) is 3.48. The van der Waals surface area contributed by atoms with Crippen molar-refractivity contribution in [2.75, 3.05) is 20.2 Å². The van der Waals surface area contributed by atoms with Crippen molar-refractivity contribution in [1.82, 2.24) is 4.90 Å². The molecule has 0 aliphatic carbocycles. The molecule has 1 atom stereocenters. The van der Waals surface area contributed by atoms with Crippen LogP contribution in [0.3, 0.4) is 0 Å². The first-order valence-electron chi connectivity index (χ1n) is 6.91. The number of likely N-dealkylation sites (tertiary alicyclic amines) is 1. The van der Waals surface area contributed by atoms with Gasteiger partial charge in [-0.3, -0.25) is 15.0 Å². The average molecular weight is 316 g/mol. The van der Waals surface area contributed by atoms with Gasteiger partial charge in [0.25, 0.3) is 0 Å². The first-order valence-corrected chi connectivity index (χ1v) is 6.91. The molecule has 0 spiro atoms. The van der Waals surface area contributed by atoms with Crippen LogP contribution in [-0.2, 0) is 6.54 Å². The van der Waals surface area contributed by atoms with Gasteiger partial charge < -0.3 is 10.5 Å². The Labute approximate surface area is 130 Å². The zero-order valence-corrected chi connectivity index (χ0v) is 13.0. The highest BCUT2D eigenvalue weighted by Crippen LogP contribution is 2.29. The smallest absolute Gasteiger partial charge is 0.311 e. The molecule has 1 aromatic rings. The Hall–Kier alpha value is -1.37. The summed E-state index contributed by atoms with van der Waals surface area (Å²) in [7, 11) is 1.44. The number of nitrogens with two attached hydrogens (primary N) is 1. The standard InChI is InChI=1S/C14H21N3O3.ClH/c1-20-14-6-5-11(8-13(14)17(18)19)10-16-7-3-2-4-12(16)9-15;/h5-6,8,12H,2-4,7,9-10,15H2,1H3;1H. The summed E-state index contributed by atoms with van der Waals surface area (Å²) in [6, 6.07) is 5.52. The zero-order valence-electron chi connectivity index (χ0n) is 12.2. The molecular weight excluding hydrogens is 294 g/mol. The molecule has 0 amide bonds. The van der Waals surface area contributed by atoms with Gasteiger partial charge in [0.15, 0.2) is 5.75 Å². The van der Waals surface area contributed by atoms with Gasteiger partial charge in [-0.2, -0.15) is 0 Å². The second kappa shape index (κ2) is 8.17. The van der Waals surface area contributed by atoms with Crippen LogP contribution in [0.4, 0.5) is 5.69 Å². The van der Waals surface area contributed by atoms with Gasteiger partial charge in [0.2, 0.25) is 0 Å². The van der Waals surface area contributed by atoms with Crippen LogP contribution in [-0.4, -0.2) is 36.1 Å². The lowest BCUT2D eigenvalue weighted by molar-refractivity contribution is -0.385. The predicted octanol–water partition coefficient (Wildman–Crippen LogP) is 2.34. The molecule has 118 valence electrons. The maximum atomic E-state index is 11.0. The van der Waals surface area contributed by atoms with Crippen molar-refractivity contribution in [3.8, 4) is 5.75 Å². The Morgan fingerprint density at radius 1 is 1.48 bits per heavy atom. The van der Waals surface area contributed by atoms with Crippen molar-refractivity contribution >= 4 is 18.1 Å². The molecule has 1 aliphatic rings. The Kier molecular flexibility index (Phi) is 6.87. The number of hydrogen-bond donors (Lipinski definition) is 1. The summed E-state index contributed by atoms with van der Waals surface area (Å²) in [5.74, 6) is 0.299. The zero-order chi connectivity index (χ0) is 14.5. The molecule has 7 heteroatoms. The molecule has 2 rings (SSSR count). The second-order valence-electron chi connectivity index (χ2n) is 5.12. The fraction of sp³-hybridized carbons (Fsp3) is 0.571. The van der Waals surface area contributed by atoms with Crippen LogP contribution < -0.4 is 10.5 Å². The number of rotatable bonds is 5. The molecule has 1 aliphatic heterocycles. The number of ether oxygens (including phenoxy) is 1. The van der Waals surface area contributed by atoms with Gasteiger partial charge in [0, 0.05) is 25.2 Å². The quantitative estimate of drug-likeness (QED) is 0.666. The molecule has 0 radical (unpaired) electrons. The number of hydrogen-bond acceptors (Lipinski definition) is 5. The first kappa shape index (κ1) is 17.7. The number of nitrogens with zero attached hydrogens (tertiary/aromatic N) is 2. The number of piperidine rings is 1. The maximum Gasteiger partial charge on any atom is 0.311 e. The molecule has 2 N–H and O–H groups in total. The third-order valence-corrected chi connectivity index (χ3v) is 3.85. The number of nitro groups is 1. The SMILES string of the molecule is COc1ccc(CN2CCCCC2CN)cc1[N+](=O)[O-].Cl. The van der Waals surface area contributed by atoms with E-state index in [0.717, 1.165) is 24.9 Å². The fourth-order valence-electron chi connectivity index (χ4n) is 2.75. The molecule has 1 unspecified atom stereocenters. The van der Waals surface area contributed by atoms with Gasteiger partial charge in [-0.05, 0) is 31.0 Å². The van der Waals surface area contributed by atoms with Crippen LogP contribution in [0.2, 0.25) is 0 Å². The topological polar surface area (TPSA) is 81.6 Å². The van der Waals surface area contributed by atoms with E-state index in [1.807, 2.05) is 6.07 Å². The summed E-state index contributed by atoms with van der Waals surface area (Å²) in [4.78, 5) is 12.9. The van der Waals surface area contributed by atoms with Crippen molar-refractivity contribution < 1.29 is 9.66 Å². The predicted molar refractivity (Wildman–Crippen MR) is 84.0 cm³/mol. The summed E-state index contributed by atoms with van der Waals surface area (Å²) in [6.45, 7) is 2.34. The van der Waals surface area contributed by atoms with Gasteiger partial charge >= 0.3 is 5.69 Å².